The van der Waals surface area contributed by atoms with Crippen LogP contribution in [-0.2, 0) is 15.5 Å². The molecule has 2 nitrogen and oxygen atoms in total. The lowest BCUT2D eigenvalue weighted by Gasteiger charge is -2.03. The van der Waals surface area contributed by atoms with Crippen LogP contribution in [0.4, 0.5) is 4.39 Å². The molecule has 0 aliphatic carbocycles. The predicted octanol–water partition coefficient (Wildman–Crippen LogP) is 2.36. The average molecular weight is 230 g/mol. The fourth-order valence-electron chi connectivity index (χ4n) is 1.22. The number of benzene rings is 1. The SMILES string of the molecule is COCCCCS(=O)c1ccccc1F. The molecule has 1 unspecified atom stereocenters. The maximum absolute atomic E-state index is 13.2. The maximum Gasteiger partial charge on any atom is 0.139 e. The van der Waals surface area contributed by atoms with Crippen molar-refractivity contribution in [3.05, 3.63) is 30.1 Å². The minimum absolute atomic E-state index is 0.301. The van der Waals surface area contributed by atoms with E-state index in [1.165, 1.54) is 6.07 Å². The summed E-state index contributed by atoms with van der Waals surface area (Å²) < 4.78 is 29.7. The molecule has 0 aliphatic heterocycles. The van der Waals surface area contributed by atoms with Gasteiger partial charge in [-0.1, -0.05) is 12.1 Å². The molecule has 1 aromatic rings. The van der Waals surface area contributed by atoms with Gasteiger partial charge in [0.05, 0.1) is 15.7 Å². The van der Waals surface area contributed by atoms with Crippen molar-refractivity contribution in [2.75, 3.05) is 19.5 Å². The molecule has 0 amide bonds. The summed E-state index contributed by atoms with van der Waals surface area (Å²) in [4.78, 5) is 0.301. The molecule has 1 atom stereocenters. The summed E-state index contributed by atoms with van der Waals surface area (Å²) in [6, 6.07) is 6.20. The fraction of sp³-hybridized carbons (Fsp3) is 0.455. The van der Waals surface area contributed by atoms with Crippen LogP contribution in [0, 0.1) is 5.82 Å². The normalized spacial score (nSPS) is 12.7. The van der Waals surface area contributed by atoms with Crippen LogP contribution in [0.1, 0.15) is 12.8 Å². The van der Waals surface area contributed by atoms with E-state index in [1.54, 1.807) is 25.3 Å². The second-order valence-electron chi connectivity index (χ2n) is 3.18. The van der Waals surface area contributed by atoms with E-state index in [0.717, 1.165) is 12.8 Å². The van der Waals surface area contributed by atoms with Crippen molar-refractivity contribution in [3.8, 4) is 0 Å². The maximum atomic E-state index is 13.2. The number of unbranched alkanes of at least 4 members (excludes halogenated alkanes) is 1. The highest BCUT2D eigenvalue weighted by molar-refractivity contribution is 7.85. The molecule has 0 bridgehead atoms. The van der Waals surface area contributed by atoms with Gasteiger partial charge in [-0.2, -0.15) is 0 Å². The molecule has 0 heterocycles. The van der Waals surface area contributed by atoms with Crippen LogP contribution >= 0.6 is 0 Å². The lowest BCUT2D eigenvalue weighted by Crippen LogP contribution is -2.02. The number of hydrogen-bond acceptors (Lipinski definition) is 2. The number of rotatable bonds is 6. The minimum Gasteiger partial charge on any atom is -0.385 e. The predicted molar refractivity (Wildman–Crippen MR) is 58.8 cm³/mol. The first kappa shape index (κ1) is 12.3. The van der Waals surface area contributed by atoms with E-state index < -0.39 is 10.8 Å². The van der Waals surface area contributed by atoms with Crippen molar-refractivity contribution in [1.29, 1.82) is 0 Å². The molecule has 0 saturated heterocycles. The largest absolute Gasteiger partial charge is 0.385 e. The zero-order valence-electron chi connectivity index (χ0n) is 8.74. The van der Waals surface area contributed by atoms with Gasteiger partial charge < -0.3 is 4.74 Å². The van der Waals surface area contributed by atoms with Crippen molar-refractivity contribution in [2.45, 2.75) is 17.7 Å². The molecule has 0 radical (unpaired) electrons. The van der Waals surface area contributed by atoms with Gasteiger partial charge >= 0.3 is 0 Å². The highest BCUT2D eigenvalue weighted by Gasteiger charge is 2.08. The van der Waals surface area contributed by atoms with Crippen LogP contribution < -0.4 is 0 Å². The van der Waals surface area contributed by atoms with E-state index >= 15 is 0 Å². The molecule has 0 spiro atoms. The van der Waals surface area contributed by atoms with Gasteiger partial charge in [-0.05, 0) is 25.0 Å². The van der Waals surface area contributed by atoms with E-state index in [2.05, 4.69) is 0 Å². The van der Waals surface area contributed by atoms with Crippen molar-refractivity contribution in [2.24, 2.45) is 0 Å². The van der Waals surface area contributed by atoms with Crippen LogP contribution in [0.25, 0.3) is 0 Å². The molecule has 0 fully saturated rings. The Balaban J connectivity index is 2.44. The van der Waals surface area contributed by atoms with Gasteiger partial charge in [-0.15, -0.1) is 0 Å². The first-order valence-corrected chi connectivity index (χ1v) is 6.19. The summed E-state index contributed by atoms with van der Waals surface area (Å²) in [5.74, 6) is 0.104. The zero-order chi connectivity index (χ0) is 11.1. The average Bonchev–Trinajstić information content (AvgIpc) is 2.25. The van der Waals surface area contributed by atoms with Gasteiger partial charge in [0.25, 0.3) is 0 Å². The topological polar surface area (TPSA) is 26.3 Å². The molecule has 0 aliphatic rings. The monoisotopic (exact) mass is 230 g/mol. The van der Waals surface area contributed by atoms with Gasteiger partial charge in [0.2, 0.25) is 0 Å². The van der Waals surface area contributed by atoms with Crippen LogP contribution in [-0.4, -0.2) is 23.7 Å². The first-order valence-electron chi connectivity index (χ1n) is 4.87. The third kappa shape index (κ3) is 4.10. The Hall–Kier alpha value is -0.740. The Kier molecular flexibility index (Phi) is 5.50. The van der Waals surface area contributed by atoms with Crippen LogP contribution in [0.2, 0.25) is 0 Å². The first-order chi connectivity index (χ1) is 7.25. The number of halogens is 1. The summed E-state index contributed by atoms with van der Waals surface area (Å²) in [6.45, 7) is 0.661. The molecule has 0 saturated carbocycles. The molecule has 1 aromatic carbocycles. The number of methoxy groups -OCH3 is 1. The smallest absolute Gasteiger partial charge is 0.139 e. The Labute approximate surface area is 91.9 Å². The van der Waals surface area contributed by atoms with E-state index in [9.17, 15) is 8.60 Å². The molecular formula is C11H15FO2S. The van der Waals surface area contributed by atoms with E-state index in [0.29, 0.717) is 17.3 Å². The Morgan fingerprint density at radius 1 is 1.33 bits per heavy atom. The second-order valence-corrected chi connectivity index (χ2v) is 4.72. The van der Waals surface area contributed by atoms with E-state index in [4.69, 9.17) is 4.74 Å². The molecule has 0 aromatic heterocycles. The summed E-state index contributed by atoms with van der Waals surface area (Å²) in [5.41, 5.74) is 0. The van der Waals surface area contributed by atoms with Gasteiger partial charge in [0.15, 0.2) is 0 Å². The van der Waals surface area contributed by atoms with E-state index in [1.807, 2.05) is 0 Å². The van der Waals surface area contributed by atoms with Gasteiger partial charge in [-0.25, -0.2) is 4.39 Å². The quantitative estimate of drug-likeness (QED) is 0.701. The van der Waals surface area contributed by atoms with Crippen LogP contribution in [0.5, 0.6) is 0 Å². The number of hydrogen-bond donors (Lipinski definition) is 0. The summed E-state index contributed by atoms with van der Waals surface area (Å²) in [7, 11) is 0.404. The molecule has 84 valence electrons. The Morgan fingerprint density at radius 3 is 2.73 bits per heavy atom. The van der Waals surface area contributed by atoms with Gasteiger partial charge in [0, 0.05) is 19.5 Å². The third-order valence-electron chi connectivity index (χ3n) is 2.01. The van der Waals surface area contributed by atoms with Crippen molar-refractivity contribution < 1.29 is 13.3 Å². The van der Waals surface area contributed by atoms with Crippen molar-refractivity contribution in [1.82, 2.24) is 0 Å². The Bertz CT molecular complexity index is 328. The highest BCUT2D eigenvalue weighted by atomic mass is 32.2. The minimum atomic E-state index is -1.23. The molecular weight excluding hydrogens is 215 g/mol. The third-order valence-corrected chi connectivity index (χ3v) is 3.49. The molecule has 15 heavy (non-hydrogen) atoms. The summed E-state index contributed by atoms with van der Waals surface area (Å²) >= 11 is 0. The molecule has 1 rings (SSSR count). The van der Waals surface area contributed by atoms with Gasteiger partial charge in [-0.3, -0.25) is 4.21 Å². The summed E-state index contributed by atoms with van der Waals surface area (Å²) in [6.07, 6.45) is 1.64. The van der Waals surface area contributed by atoms with Crippen LogP contribution in [0.15, 0.2) is 29.2 Å². The lowest BCUT2D eigenvalue weighted by atomic mass is 10.3. The van der Waals surface area contributed by atoms with Crippen molar-refractivity contribution in [3.63, 3.8) is 0 Å². The standard InChI is InChI=1S/C11H15FO2S/c1-14-8-4-5-9-15(13)11-7-3-2-6-10(11)12/h2-3,6-7H,4-5,8-9H2,1H3. The Morgan fingerprint density at radius 2 is 2.07 bits per heavy atom. The van der Waals surface area contributed by atoms with E-state index in [-0.39, 0.29) is 5.82 Å². The lowest BCUT2D eigenvalue weighted by molar-refractivity contribution is 0.194. The fourth-order valence-corrected chi connectivity index (χ4v) is 2.42. The summed E-state index contributed by atoms with van der Waals surface area (Å²) in [5, 5.41) is 0. The highest BCUT2D eigenvalue weighted by Crippen LogP contribution is 2.12. The second kappa shape index (κ2) is 6.69. The zero-order valence-corrected chi connectivity index (χ0v) is 9.56. The molecule has 0 N–H and O–H groups in total. The van der Waals surface area contributed by atoms with Gasteiger partial charge in [0.1, 0.15) is 5.82 Å². The molecule has 4 heteroatoms. The number of ether oxygens (including phenoxy) is 1. The van der Waals surface area contributed by atoms with Crippen LogP contribution in [0.3, 0.4) is 0 Å². The van der Waals surface area contributed by atoms with Crippen molar-refractivity contribution >= 4 is 10.8 Å².